The normalized spacial score (nSPS) is 22.0. The van der Waals surface area contributed by atoms with E-state index < -0.39 is 6.09 Å². The Balaban J connectivity index is 1.69. The first kappa shape index (κ1) is 17.1. The highest BCUT2D eigenvalue weighted by molar-refractivity contribution is 5.80. The topological polar surface area (TPSA) is 87.6 Å². The second kappa shape index (κ2) is 6.79. The van der Waals surface area contributed by atoms with Crippen molar-refractivity contribution in [2.75, 3.05) is 19.7 Å². The number of rotatable bonds is 2. The molecule has 2 aliphatic heterocycles. The number of likely N-dealkylation sites (tertiary alicyclic amines) is 1. The van der Waals surface area contributed by atoms with E-state index in [4.69, 9.17) is 9.84 Å². The molecule has 7 heteroatoms. The molecule has 4 rings (SSSR count). The highest BCUT2D eigenvalue weighted by Gasteiger charge is 2.26. The van der Waals surface area contributed by atoms with E-state index in [1.807, 2.05) is 17.7 Å². The lowest BCUT2D eigenvalue weighted by atomic mass is 9.86. The first-order valence-corrected chi connectivity index (χ1v) is 9.39. The zero-order chi connectivity index (χ0) is 18.3. The molecule has 0 radical (unpaired) electrons. The highest BCUT2D eigenvalue weighted by Crippen LogP contribution is 2.33. The van der Waals surface area contributed by atoms with Crippen LogP contribution in [0, 0.1) is 6.92 Å². The molecule has 7 nitrogen and oxygen atoms in total. The van der Waals surface area contributed by atoms with Crippen LogP contribution in [0.3, 0.4) is 0 Å². The fourth-order valence-electron chi connectivity index (χ4n) is 4.30. The number of piperidine rings is 1. The van der Waals surface area contributed by atoms with Gasteiger partial charge in [-0.2, -0.15) is 0 Å². The lowest BCUT2D eigenvalue weighted by Gasteiger charge is -2.31. The van der Waals surface area contributed by atoms with Crippen LogP contribution in [0.25, 0.3) is 10.9 Å². The third kappa shape index (κ3) is 3.00. The Hall–Kier alpha value is -2.28. The number of aryl methyl sites for hydroxylation is 1. The van der Waals surface area contributed by atoms with Crippen LogP contribution in [-0.4, -0.2) is 45.6 Å². The van der Waals surface area contributed by atoms with Crippen molar-refractivity contribution in [1.29, 1.82) is 0 Å². The van der Waals surface area contributed by atoms with Crippen molar-refractivity contribution >= 4 is 17.0 Å². The first-order valence-electron chi connectivity index (χ1n) is 9.39. The molecular weight excluding hydrogens is 334 g/mol. The number of fused-ring (bicyclic) bond motifs is 1. The number of hydrogen-bond donors (Lipinski definition) is 2. The van der Waals surface area contributed by atoms with E-state index >= 15 is 0 Å². The van der Waals surface area contributed by atoms with Gasteiger partial charge in [-0.25, -0.2) is 4.79 Å². The third-order valence-corrected chi connectivity index (χ3v) is 5.76. The van der Waals surface area contributed by atoms with E-state index in [0.29, 0.717) is 24.4 Å². The van der Waals surface area contributed by atoms with Gasteiger partial charge in [0, 0.05) is 19.7 Å². The van der Waals surface area contributed by atoms with Gasteiger partial charge in [0.1, 0.15) is 6.23 Å². The number of benzene rings is 1. The molecule has 1 unspecified atom stereocenters. The van der Waals surface area contributed by atoms with E-state index in [1.165, 1.54) is 10.5 Å². The molecule has 2 N–H and O–H groups in total. The largest absolute Gasteiger partial charge is 0.465 e. The van der Waals surface area contributed by atoms with Crippen LogP contribution in [0.4, 0.5) is 4.79 Å². The van der Waals surface area contributed by atoms with Crippen molar-refractivity contribution in [2.24, 2.45) is 0 Å². The van der Waals surface area contributed by atoms with Crippen molar-refractivity contribution in [3.63, 3.8) is 0 Å². The summed E-state index contributed by atoms with van der Waals surface area (Å²) < 4.78 is 7.74. The van der Waals surface area contributed by atoms with E-state index in [9.17, 15) is 9.59 Å². The monoisotopic (exact) mass is 359 g/mol. The van der Waals surface area contributed by atoms with E-state index in [-0.39, 0.29) is 11.8 Å². The Morgan fingerprint density at radius 3 is 2.65 bits per heavy atom. The summed E-state index contributed by atoms with van der Waals surface area (Å²) in [6, 6.07) is 4.08. The smallest absolute Gasteiger partial charge is 0.407 e. The summed E-state index contributed by atoms with van der Waals surface area (Å²) in [5, 5.41) is 12.8. The quantitative estimate of drug-likeness (QED) is 0.862. The Morgan fingerprint density at radius 2 is 2.00 bits per heavy atom. The van der Waals surface area contributed by atoms with Crippen LogP contribution in [0.1, 0.15) is 55.4 Å². The number of carboxylic acid groups (broad SMARTS) is 1. The lowest BCUT2D eigenvalue weighted by molar-refractivity contribution is -0.0369. The van der Waals surface area contributed by atoms with Crippen LogP contribution < -0.4 is 5.56 Å². The number of H-pyrrole nitrogens is 1. The Morgan fingerprint density at radius 1 is 1.23 bits per heavy atom. The molecule has 0 saturated carbocycles. The standard InChI is InChI=1S/C19H25N3O4/c1-12-10-15-16(22(20-18(15)23)17-4-2-3-9-26-17)11-14(12)13-5-7-21(8-6-13)19(24)25/h10-11,13,17H,2-9H2,1H3,(H,20,23)(H,24,25). The number of ether oxygens (including phenoxy) is 1. The molecule has 2 aliphatic rings. The Bertz CT molecular complexity index is 871. The fraction of sp³-hybridized carbons (Fsp3) is 0.579. The Kier molecular flexibility index (Phi) is 4.48. The van der Waals surface area contributed by atoms with Crippen molar-refractivity contribution < 1.29 is 14.6 Å². The maximum atomic E-state index is 12.4. The van der Waals surface area contributed by atoms with Gasteiger partial charge in [0.25, 0.3) is 5.56 Å². The zero-order valence-electron chi connectivity index (χ0n) is 15.0. The number of nitrogens with one attached hydrogen (secondary N) is 1. The minimum Gasteiger partial charge on any atom is -0.465 e. The number of amides is 1. The molecule has 1 atom stereocenters. The summed E-state index contributed by atoms with van der Waals surface area (Å²) in [6.07, 6.45) is 3.73. The SMILES string of the molecule is Cc1cc2c(=O)[nH]n(C3CCCCO3)c2cc1C1CCN(C(=O)O)CC1. The molecule has 26 heavy (non-hydrogen) atoms. The average molecular weight is 359 g/mol. The fourth-order valence-corrected chi connectivity index (χ4v) is 4.30. The second-order valence-corrected chi connectivity index (χ2v) is 7.40. The molecule has 2 aromatic rings. The first-order chi connectivity index (χ1) is 12.5. The van der Waals surface area contributed by atoms with Crippen LogP contribution in [0.15, 0.2) is 16.9 Å². The van der Waals surface area contributed by atoms with Gasteiger partial charge in [-0.15, -0.1) is 0 Å². The van der Waals surface area contributed by atoms with Gasteiger partial charge in [0.15, 0.2) is 0 Å². The van der Waals surface area contributed by atoms with Gasteiger partial charge in [-0.05, 0) is 68.2 Å². The van der Waals surface area contributed by atoms with Gasteiger partial charge >= 0.3 is 6.09 Å². The summed E-state index contributed by atoms with van der Waals surface area (Å²) in [5.74, 6) is 0.320. The van der Waals surface area contributed by atoms with Crippen LogP contribution in [0.2, 0.25) is 0 Å². The van der Waals surface area contributed by atoms with Gasteiger partial charge in [-0.3, -0.25) is 14.6 Å². The molecule has 1 aromatic carbocycles. The maximum absolute atomic E-state index is 12.4. The lowest BCUT2D eigenvalue weighted by Crippen LogP contribution is -2.36. The molecule has 0 aliphatic carbocycles. The van der Waals surface area contributed by atoms with Crippen molar-refractivity contribution in [2.45, 2.75) is 51.2 Å². The van der Waals surface area contributed by atoms with E-state index in [2.05, 4.69) is 11.2 Å². The average Bonchev–Trinajstić information content (AvgIpc) is 2.98. The highest BCUT2D eigenvalue weighted by atomic mass is 16.5. The summed E-state index contributed by atoms with van der Waals surface area (Å²) in [7, 11) is 0. The number of hydrogen-bond acceptors (Lipinski definition) is 3. The molecule has 0 bridgehead atoms. The van der Waals surface area contributed by atoms with Gasteiger partial charge in [0.05, 0.1) is 10.9 Å². The van der Waals surface area contributed by atoms with Crippen molar-refractivity contribution in [1.82, 2.24) is 14.7 Å². The van der Waals surface area contributed by atoms with Crippen molar-refractivity contribution in [3.05, 3.63) is 33.6 Å². The predicted octanol–water partition coefficient (Wildman–Crippen LogP) is 3.19. The van der Waals surface area contributed by atoms with Crippen LogP contribution in [0.5, 0.6) is 0 Å². The van der Waals surface area contributed by atoms with E-state index in [1.54, 1.807) is 0 Å². The Labute approximate surface area is 151 Å². The molecule has 2 fully saturated rings. The van der Waals surface area contributed by atoms with Gasteiger partial charge < -0.3 is 14.7 Å². The van der Waals surface area contributed by atoms with Gasteiger partial charge in [-0.1, -0.05) is 0 Å². The molecule has 3 heterocycles. The zero-order valence-corrected chi connectivity index (χ0v) is 15.0. The minimum atomic E-state index is -0.843. The summed E-state index contributed by atoms with van der Waals surface area (Å²) in [4.78, 5) is 25.0. The van der Waals surface area contributed by atoms with Crippen molar-refractivity contribution in [3.8, 4) is 0 Å². The number of carbonyl (C=O) groups is 1. The third-order valence-electron chi connectivity index (χ3n) is 5.76. The summed E-state index contributed by atoms with van der Waals surface area (Å²) in [5.41, 5.74) is 3.12. The summed E-state index contributed by atoms with van der Waals surface area (Å²) >= 11 is 0. The number of aromatic amines is 1. The minimum absolute atomic E-state index is 0.0791. The maximum Gasteiger partial charge on any atom is 0.407 e. The molecule has 2 saturated heterocycles. The molecular formula is C19H25N3O4. The molecule has 1 amide bonds. The van der Waals surface area contributed by atoms with Gasteiger partial charge in [0.2, 0.25) is 0 Å². The predicted molar refractivity (Wildman–Crippen MR) is 97.7 cm³/mol. The second-order valence-electron chi connectivity index (χ2n) is 7.40. The van der Waals surface area contributed by atoms with Crippen LogP contribution >= 0.6 is 0 Å². The molecule has 140 valence electrons. The molecule has 0 spiro atoms. The number of aromatic nitrogens is 2. The van der Waals surface area contributed by atoms with E-state index in [0.717, 1.165) is 49.8 Å². The molecule has 1 aromatic heterocycles. The van der Waals surface area contributed by atoms with Crippen LogP contribution in [-0.2, 0) is 4.74 Å². The number of nitrogens with zero attached hydrogens (tertiary/aromatic N) is 2. The summed E-state index contributed by atoms with van der Waals surface area (Å²) in [6.45, 7) is 3.87.